The fraction of sp³-hybridized carbons (Fsp3) is 0.462. The van der Waals surface area contributed by atoms with E-state index in [1.807, 2.05) is 13.8 Å². The molecule has 0 atom stereocenters. The highest BCUT2D eigenvalue weighted by atomic mass is 32.1. The quantitative estimate of drug-likeness (QED) is 0.775. The molecule has 3 N–H and O–H groups in total. The maximum Gasteiger partial charge on any atom is 0.245 e. The van der Waals surface area contributed by atoms with Gasteiger partial charge in [-0.15, -0.1) is 5.10 Å². The van der Waals surface area contributed by atoms with Crippen LogP contribution in [-0.4, -0.2) is 25.3 Å². The average molecular weight is 306 g/mol. The largest absolute Gasteiger partial charge is 0.389 e. The number of thiocarbonyl (C=S) groups is 1. The predicted octanol–water partition coefficient (Wildman–Crippen LogP) is 1.54. The van der Waals surface area contributed by atoms with Crippen molar-refractivity contribution in [2.75, 3.05) is 5.32 Å². The van der Waals surface area contributed by atoms with Crippen LogP contribution in [0.25, 0.3) is 0 Å². The van der Waals surface area contributed by atoms with Gasteiger partial charge in [-0.25, -0.2) is 0 Å². The standard InChI is InChI=1S/C13H18N6OS/c1-4-8-9(5-2)17-18-13(11(8)12(14)21)15-6-10-16-7(3)19-20-10/h4-6H2,1-3H3,(H2,14,21)(H,15,18). The van der Waals surface area contributed by atoms with E-state index in [1.165, 1.54) is 0 Å². The Labute approximate surface area is 128 Å². The number of nitrogens with one attached hydrogen (secondary N) is 1. The van der Waals surface area contributed by atoms with Crippen LogP contribution in [0.5, 0.6) is 0 Å². The van der Waals surface area contributed by atoms with E-state index in [2.05, 4.69) is 25.7 Å². The first-order chi connectivity index (χ1) is 10.1. The van der Waals surface area contributed by atoms with Crippen LogP contribution < -0.4 is 11.1 Å². The number of hydrogen-bond donors (Lipinski definition) is 2. The van der Waals surface area contributed by atoms with E-state index in [0.29, 0.717) is 29.1 Å². The summed E-state index contributed by atoms with van der Waals surface area (Å²) < 4.78 is 5.05. The van der Waals surface area contributed by atoms with Gasteiger partial charge in [-0.3, -0.25) is 0 Å². The van der Waals surface area contributed by atoms with Gasteiger partial charge in [0, 0.05) is 0 Å². The first-order valence-electron chi connectivity index (χ1n) is 6.78. The molecule has 21 heavy (non-hydrogen) atoms. The van der Waals surface area contributed by atoms with Crippen molar-refractivity contribution in [3.05, 3.63) is 28.5 Å². The Hall–Kier alpha value is -2.09. The highest BCUT2D eigenvalue weighted by molar-refractivity contribution is 7.80. The summed E-state index contributed by atoms with van der Waals surface area (Å²) in [5, 5.41) is 15.3. The topological polar surface area (TPSA) is 103 Å². The highest BCUT2D eigenvalue weighted by Gasteiger charge is 2.17. The Morgan fingerprint density at radius 1 is 1.29 bits per heavy atom. The van der Waals surface area contributed by atoms with Crippen LogP contribution in [0.1, 0.15) is 42.4 Å². The third kappa shape index (κ3) is 3.33. The Kier molecular flexibility index (Phi) is 4.79. The third-order valence-electron chi connectivity index (χ3n) is 3.07. The number of nitrogens with zero attached hydrogens (tertiary/aromatic N) is 4. The summed E-state index contributed by atoms with van der Waals surface area (Å²) in [4.78, 5) is 4.43. The van der Waals surface area contributed by atoms with Crippen molar-refractivity contribution in [1.82, 2.24) is 20.3 Å². The SMILES string of the molecule is CCc1nnc(NCc2nc(C)no2)c(C(N)=S)c1CC. The molecule has 0 unspecified atom stereocenters. The van der Waals surface area contributed by atoms with Gasteiger partial charge in [0.15, 0.2) is 11.6 Å². The van der Waals surface area contributed by atoms with Crippen LogP contribution >= 0.6 is 12.2 Å². The molecular weight excluding hydrogens is 288 g/mol. The summed E-state index contributed by atoms with van der Waals surface area (Å²) in [5.74, 6) is 1.61. The molecule has 0 bridgehead atoms. The minimum Gasteiger partial charge on any atom is -0.389 e. The van der Waals surface area contributed by atoms with E-state index in [9.17, 15) is 0 Å². The van der Waals surface area contributed by atoms with Crippen molar-refractivity contribution in [3.8, 4) is 0 Å². The van der Waals surface area contributed by atoms with Gasteiger partial charge >= 0.3 is 0 Å². The maximum atomic E-state index is 5.86. The predicted molar refractivity (Wildman–Crippen MR) is 83.0 cm³/mol. The van der Waals surface area contributed by atoms with Crippen molar-refractivity contribution in [3.63, 3.8) is 0 Å². The molecule has 2 aromatic heterocycles. The summed E-state index contributed by atoms with van der Waals surface area (Å²) in [7, 11) is 0. The molecular formula is C13H18N6OS. The van der Waals surface area contributed by atoms with Crippen LogP contribution in [0.3, 0.4) is 0 Å². The van der Waals surface area contributed by atoms with Gasteiger partial charge < -0.3 is 15.6 Å². The van der Waals surface area contributed by atoms with E-state index in [0.717, 1.165) is 29.7 Å². The van der Waals surface area contributed by atoms with Gasteiger partial charge in [0.25, 0.3) is 0 Å². The minimum absolute atomic E-state index is 0.306. The first-order valence-corrected chi connectivity index (χ1v) is 7.18. The second-order valence-corrected chi connectivity index (χ2v) is 4.95. The minimum atomic E-state index is 0.306. The summed E-state index contributed by atoms with van der Waals surface area (Å²) in [6, 6.07) is 0. The molecule has 8 heteroatoms. The summed E-state index contributed by atoms with van der Waals surface area (Å²) in [6.07, 6.45) is 1.58. The van der Waals surface area contributed by atoms with Crippen LogP contribution in [0.2, 0.25) is 0 Å². The molecule has 0 saturated carbocycles. The van der Waals surface area contributed by atoms with Gasteiger partial charge in [-0.05, 0) is 25.3 Å². The zero-order valence-electron chi connectivity index (χ0n) is 12.3. The fourth-order valence-electron chi connectivity index (χ4n) is 2.13. The van der Waals surface area contributed by atoms with Gasteiger partial charge in [0.1, 0.15) is 4.99 Å². The lowest BCUT2D eigenvalue weighted by Gasteiger charge is -2.14. The number of aromatic nitrogens is 4. The maximum absolute atomic E-state index is 5.86. The normalized spacial score (nSPS) is 10.6. The second kappa shape index (κ2) is 6.57. The molecule has 2 heterocycles. The molecule has 0 aliphatic carbocycles. The number of hydrogen-bond acceptors (Lipinski definition) is 7. The molecule has 0 amide bonds. The molecule has 112 valence electrons. The molecule has 0 saturated heterocycles. The lowest BCUT2D eigenvalue weighted by atomic mass is 10.0. The molecule has 0 aliphatic heterocycles. The van der Waals surface area contributed by atoms with Crippen LogP contribution in [-0.2, 0) is 19.4 Å². The van der Waals surface area contributed by atoms with Crippen molar-refractivity contribution >= 4 is 23.0 Å². The van der Waals surface area contributed by atoms with Crippen molar-refractivity contribution in [2.24, 2.45) is 5.73 Å². The monoisotopic (exact) mass is 306 g/mol. The Morgan fingerprint density at radius 3 is 2.57 bits per heavy atom. The molecule has 0 radical (unpaired) electrons. The summed E-state index contributed by atoms with van der Waals surface area (Å²) in [6.45, 7) is 6.18. The molecule has 0 aromatic carbocycles. The second-order valence-electron chi connectivity index (χ2n) is 4.51. The molecule has 2 rings (SSSR count). The van der Waals surface area contributed by atoms with E-state index in [1.54, 1.807) is 6.92 Å². The smallest absolute Gasteiger partial charge is 0.245 e. The van der Waals surface area contributed by atoms with E-state index < -0.39 is 0 Å². The zero-order valence-corrected chi connectivity index (χ0v) is 13.1. The van der Waals surface area contributed by atoms with Gasteiger partial charge in [0.05, 0.1) is 17.8 Å². The molecule has 7 nitrogen and oxygen atoms in total. The number of anilines is 1. The average Bonchev–Trinajstić information content (AvgIpc) is 2.89. The highest BCUT2D eigenvalue weighted by Crippen LogP contribution is 2.21. The Balaban J connectivity index is 2.32. The first kappa shape index (κ1) is 15.3. The van der Waals surface area contributed by atoms with Gasteiger partial charge in [-0.2, -0.15) is 10.1 Å². The van der Waals surface area contributed by atoms with Gasteiger partial charge in [-0.1, -0.05) is 31.2 Å². The van der Waals surface area contributed by atoms with E-state index in [4.69, 9.17) is 22.5 Å². The number of nitrogens with two attached hydrogens (primary N) is 1. The zero-order chi connectivity index (χ0) is 15.4. The lowest BCUT2D eigenvalue weighted by molar-refractivity contribution is 0.379. The molecule has 0 spiro atoms. The molecule has 0 fully saturated rings. The van der Waals surface area contributed by atoms with E-state index >= 15 is 0 Å². The third-order valence-corrected chi connectivity index (χ3v) is 3.27. The van der Waals surface area contributed by atoms with Crippen LogP contribution in [0, 0.1) is 6.92 Å². The van der Waals surface area contributed by atoms with Crippen molar-refractivity contribution in [1.29, 1.82) is 0 Å². The lowest BCUT2D eigenvalue weighted by Crippen LogP contribution is -2.19. The van der Waals surface area contributed by atoms with Crippen molar-refractivity contribution < 1.29 is 4.52 Å². The summed E-state index contributed by atoms with van der Waals surface area (Å²) in [5.41, 5.74) is 8.55. The fourth-order valence-corrected chi connectivity index (χ4v) is 2.35. The van der Waals surface area contributed by atoms with E-state index in [-0.39, 0.29) is 0 Å². The summed E-state index contributed by atoms with van der Waals surface area (Å²) >= 11 is 5.16. The van der Waals surface area contributed by atoms with Crippen LogP contribution in [0.15, 0.2) is 4.52 Å². The van der Waals surface area contributed by atoms with Gasteiger partial charge in [0.2, 0.25) is 5.89 Å². The number of aryl methyl sites for hydroxylation is 2. The Morgan fingerprint density at radius 2 is 2.05 bits per heavy atom. The van der Waals surface area contributed by atoms with Crippen molar-refractivity contribution in [2.45, 2.75) is 40.2 Å². The number of rotatable bonds is 6. The van der Waals surface area contributed by atoms with Crippen LogP contribution in [0.4, 0.5) is 5.82 Å². The Bertz CT molecular complexity index is 654. The molecule has 2 aromatic rings. The molecule has 0 aliphatic rings.